The van der Waals surface area contributed by atoms with Gasteiger partial charge in [-0.05, 0) is 31.2 Å². The lowest BCUT2D eigenvalue weighted by Gasteiger charge is -2.21. The van der Waals surface area contributed by atoms with Crippen LogP contribution >= 0.6 is 0 Å². The summed E-state index contributed by atoms with van der Waals surface area (Å²) < 4.78 is 0. The van der Waals surface area contributed by atoms with Gasteiger partial charge in [0, 0.05) is 19.0 Å². The second kappa shape index (κ2) is 6.55. The molecule has 18 heavy (non-hydrogen) atoms. The molecule has 0 spiro atoms. The van der Waals surface area contributed by atoms with Gasteiger partial charge in [-0.15, -0.1) is 0 Å². The standard InChI is InChI=1S/C15H21NO2/c17-12-11-16(14-9-10-14)15(18)8-4-7-13-5-2-1-3-6-13/h1-3,5-6,14,17H,4,7-12H2. The van der Waals surface area contributed by atoms with E-state index in [4.69, 9.17) is 5.11 Å². The molecule has 0 aliphatic heterocycles. The molecule has 1 aromatic rings. The van der Waals surface area contributed by atoms with Crippen molar-refractivity contribution in [1.82, 2.24) is 4.90 Å². The summed E-state index contributed by atoms with van der Waals surface area (Å²) in [7, 11) is 0. The van der Waals surface area contributed by atoms with Crippen LogP contribution in [0, 0.1) is 0 Å². The van der Waals surface area contributed by atoms with Crippen LogP contribution in [0.15, 0.2) is 30.3 Å². The van der Waals surface area contributed by atoms with Crippen LogP contribution in [-0.2, 0) is 11.2 Å². The Morgan fingerprint density at radius 3 is 2.61 bits per heavy atom. The van der Waals surface area contributed by atoms with E-state index >= 15 is 0 Å². The fourth-order valence-electron chi connectivity index (χ4n) is 2.24. The van der Waals surface area contributed by atoms with Crippen molar-refractivity contribution >= 4 is 5.91 Å². The van der Waals surface area contributed by atoms with Gasteiger partial charge in [-0.25, -0.2) is 0 Å². The third-order valence-corrected chi connectivity index (χ3v) is 3.35. The Bertz CT molecular complexity index is 373. The fraction of sp³-hybridized carbons (Fsp3) is 0.533. The molecule has 0 atom stereocenters. The average molecular weight is 247 g/mol. The van der Waals surface area contributed by atoms with E-state index in [0.29, 0.717) is 19.0 Å². The minimum atomic E-state index is 0.0704. The summed E-state index contributed by atoms with van der Waals surface area (Å²) in [6, 6.07) is 10.7. The molecule has 1 fully saturated rings. The number of hydrogen-bond acceptors (Lipinski definition) is 2. The summed E-state index contributed by atoms with van der Waals surface area (Å²) >= 11 is 0. The van der Waals surface area contributed by atoms with Crippen molar-refractivity contribution in [2.45, 2.75) is 38.1 Å². The predicted octanol–water partition coefficient (Wildman–Crippen LogP) is 1.99. The van der Waals surface area contributed by atoms with E-state index in [-0.39, 0.29) is 12.5 Å². The van der Waals surface area contributed by atoms with E-state index in [1.54, 1.807) is 0 Å². The van der Waals surface area contributed by atoms with Gasteiger partial charge in [-0.1, -0.05) is 30.3 Å². The first-order valence-corrected chi connectivity index (χ1v) is 6.75. The van der Waals surface area contributed by atoms with Crippen molar-refractivity contribution in [1.29, 1.82) is 0 Å². The van der Waals surface area contributed by atoms with Crippen LogP contribution < -0.4 is 0 Å². The van der Waals surface area contributed by atoms with Crippen LogP contribution in [0.2, 0.25) is 0 Å². The molecule has 98 valence electrons. The maximum atomic E-state index is 12.0. The Labute approximate surface area is 108 Å². The predicted molar refractivity (Wildman–Crippen MR) is 71.2 cm³/mol. The molecule has 1 aliphatic rings. The summed E-state index contributed by atoms with van der Waals surface area (Å²) in [6.45, 7) is 0.565. The van der Waals surface area contributed by atoms with Gasteiger partial charge in [-0.2, -0.15) is 0 Å². The number of hydrogen-bond donors (Lipinski definition) is 1. The van der Waals surface area contributed by atoms with Gasteiger partial charge in [0.2, 0.25) is 5.91 Å². The number of benzene rings is 1. The Hall–Kier alpha value is -1.35. The van der Waals surface area contributed by atoms with E-state index in [0.717, 1.165) is 25.7 Å². The average Bonchev–Trinajstić information content (AvgIpc) is 3.21. The zero-order chi connectivity index (χ0) is 12.8. The van der Waals surface area contributed by atoms with Crippen LogP contribution in [0.1, 0.15) is 31.2 Å². The molecule has 2 rings (SSSR count). The summed E-state index contributed by atoms with van der Waals surface area (Å²) in [5, 5.41) is 8.97. The number of carbonyl (C=O) groups excluding carboxylic acids is 1. The van der Waals surface area contributed by atoms with E-state index in [9.17, 15) is 4.79 Å². The zero-order valence-electron chi connectivity index (χ0n) is 10.7. The number of aliphatic hydroxyl groups excluding tert-OH is 1. The van der Waals surface area contributed by atoms with Crippen LogP contribution in [-0.4, -0.2) is 35.1 Å². The minimum Gasteiger partial charge on any atom is -0.395 e. The van der Waals surface area contributed by atoms with E-state index in [2.05, 4.69) is 12.1 Å². The lowest BCUT2D eigenvalue weighted by Crippen LogP contribution is -2.35. The SMILES string of the molecule is O=C(CCCc1ccccc1)N(CCO)C1CC1. The molecular formula is C15H21NO2. The molecule has 0 bridgehead atoms. The van der Waals surface area contributed by atoms with Gasteiger partial charge in [0.25, 0.3) is 0 Å². The lowest BCUT2D eigenvalue weighted by molar-refractivity contribution is -0.132. The second-order valence-electron chi connectivity index (χ2n) is 4.88. The number of aliphatic hydroxyl groups is 1. The molecule has 0 unspecified atom stereocenters. The van der Waals surface area contributed by atoms with Gasteiger partial charge >= 0.3 is 0 Å². The highest BCUT2D eigenvalue weighted by Gasteiger charge is 2.31. The maximum absolute atomic E-state index is 12.0. The third-order valence-electron chi connectivity index (χ3n) is 3.35. The van der Waals surface area contributed by atoms with Crippen LogP contribution in [0.25, 0.3) is 0 Å². The molecule has 1 saturated carbocycles. The fourth-order valence-corrected chi connectivity index (χ4v) is 2.24. The summed E-state index contributed by atoms with van der Waals surface area (Å²) in [6.07, 6.45) is 4.63. The molecule has 0 heterocycles. The molecular weight excluding hydrogens is 226 g/mol. The number of aryl methyl sites for hydroxylation is 1. The number of rotatable bonds is 7. The summed E-state index contributed by atoms with van der Waals surface area (Å²) in [5.41, 5.74) is 1.28. The number of carbonyl (C=O) groups is 1. The monoisotopic (exact) mass is 247 g/mol. The topological polar surface area (TPSA) is 40.5 Å². The van der Waals surface area contributed by atoms with Crippen LogP contribution in [0.5, 0.6) is 0 Å². The van der Waals surface area contributed by atoms with Gasteiger partial charge in [0.1, 0.15) is 0 Å². The van der Waals surface area contributed by atoms with Crippen molar-refractivity contribution in [3.63, 3.8) is 0 Å². The van der Waals surface area contributed by atoms with Crippen molar-refractivity contribution < 1.29 is 9.90 Å². The highest BCUT2D eigenvalue weighted by Crippen LogP contribution is 2.27. The molecule has 0 radical (unpaired) electrons. The van der Waals surface area contributed by atoms with E-state index < -0.39 is 0 Å². The Kier molecular flexibility index (Phi) is 4.76. The van der Waals surface area contributed by atoms with Gasteiger partial charge in [-0.3, -0.25) is 4.79 Å². The third kappa shape index (κ3) is 3.84. The number of amides is 1. The largest absolute Gasteiger partial charge is 0.395 e. The summed E-state index contributed by atoms with van der Waals surface area (Å²) in [4.78, 5) is 13.9. The Balaban J connectivity index is 1.73. The maximum Gasteiger partial charge on any atom is 0.222 e. The molecule has 0 saturated heterocycles. The molecule has 3 nitrogen and oxygen atoms in total. The number of nitrogens with zero attached hydrogens (tertiary/aromatic N) is 1. The van der Waals surface area contributed by atoms with Gasteiger partial charge in [0.05, 0.1) is 6.61 Å². The minimum absolute atomic E-state index is 0.0704. The highest BCUT2D eigenvalue weighted by atomic mass is 16.3. The van der Waals surface area contributed by atoms with Gasteiger partial charge in [0.15, 0.2) is 0 Å². The van der Waals surface area contributed by atoms with Crippen molar-refractivity contribution in [3.05, 3.63) is 35.9 Å². The normalized spacial score (nSPS) is 14.5. The lowest BCUT2D eigenvalue weighted by atomic mass is 10.1. The quantitative estimate of drug-likeness (QED) is 0.800. The first kappa shape index (κ1) is 13.1. The zero-order valence-corrected chi connectivity index (χ0v) is 10.7. The molecule has 1 aromatic carbocycles. The molecule has 1 aliphatic carbocycles. The van der Waals surface area contributed by atoms with E-state index in [1.165, 1.54) is 5.56 Å². The molecule has 3 heteroatoms. The second-order valence-corrected chi connectivity index (χ2v) is 4.88. The molecule has 1 N–H and O–H groups in total. The van der Waals surface area contributed by atoms with Crippen molar-refractivity contribution in [3.8, 4) is 0 Å². The van der Waals surface area contributed by atoms with Gasteiger partial charge < -0.3 is 10.0 Å². The smallest absolute Gasteiger partial charge is 0.222 e. The first-order chi connectivity index (χ1) is 8.81. The molecule has 1 amide bonds. The Morgan fingerprint density at radius 2 is 2.00 bits per heavy atom. The molecule has 0 aromatic heterocycles. The first-order valence-electron chi connectivity index (χ1n) is 6.75. The summed E-state index contributed by atoms with van der Waals surface area (Å²) in [5.74, 6) is 0.197. The highest BCUT2D eigenvalue weighted by molar-refractivity contribution is 5.76. The van der Waals surface area contributed by atoms with E-state index in [1.807, 2.05) is 23.1 Å². The van der Waals surface area contributed by atoms with Crippen LogP contribution in [0.4, 0.5) is 0 Å². The van der Waals surface area contributed by atoms with Crippen molar-refractivity contribution in [2.24, 2.45) is 0 Å². The van der Waals surface area contributed by atoms with Crippen molar-refractivity contribution in [2.75, 3.05) is 13.2 Å². The van der Waals surface area contributed by atoms with Crippen LogP contribution in [0.3, 0.4) is 0 Å². The Morgan fingerprint density at radius 1 is 1.28 bits per heavy atom.